The molecule has 0 amide bonds. The number of sulfonamides is 1. The molecule has 0 bridgehead atoms. The van der Waals surface area contributed by atoms with Crippen LogP contribution in [0.15, 0.2) is 17.3 Å². The largest absolute Gasteiger partial charge is 0.480 e. The van der Waals surface area contributed by atoms with E-state index in [-0.39, 0.29) is 10.9 Å². The number of hydrogen-bond donors (Lipinski definition) is 3. The van der Waals surface area contributed by atoms with E-state index in [9.17, 15) is 13.2 Å². The van der Waals surface area contributed by atoms with Crippen LogP contribution in [0.1, 0.15) is 20.3 Å². The van der Waals surface area contributed by atoms with Crippen molar-refractivity contribution in [1.29, 1.82) is 0 Å². The van der Waals surface area contributed by atoms with Gasteiger partial charge < -0.3 is 5.11 Å². The van der Waals surface area contributed by atoms with E-state index in [0.717, 1.165) is 0 Å². The van der Waals surface area contributed by atoms with E-state index < -0.39 is 22.0 Å². The summed E-state index contributed by atoms with van der Waals surface area (Å²) >= 11 is 0. The Hall–Kier alpha value is -1.41. The van der Waals surface area contributed by atoms with Crippen LogP contribution in [-0.4, -0.2) is 35.7 Å². The number of aromatic amines is 1. The van der Waals surface area contributed by atoms with E-state index in [0.29, 0.717) is 6.42 Å². The molecular weight excluding hydrogens is 246 g/mol. The number of aromatic nitrogens is 2. The van der Waals surface area contributed by atoms with Crippen molar-refractivity contribution in [2.45, 2.75) is 31.3 Å². The summed E-state index contributed by atoms with van der Waals surface area (Å²) in [7, 11) is -3.87. The number of rotatable bonds is 6. The summed E-state index contributed by atoms with van der Waals surface area (Å²) in [5.74, 6) is -1.49. The molecule has 1 aromatic heterocycles. The number of carboxylic acids is 1. The zero-order chi connectivity index (χ0) is 13.1. The smallest absolute Gasteiger partial charge is 0.322 e. The minimum atomic E-state index is -3.87. The van der Waals surface area contributed by atoms with Gasteiger partial charge >= 0.3 is 5.97 Å². The molecule has 0 saturated heterocycles. The topological polar surface area (TPSA) is 112 Å². The first kappa shape index (κ1) is 13.7. The molecule has 8 heteroatoms. The second-order valence-corrected chi connectivity index (χ2v) is 5.43. The Kier molecular flexibility index (Phi) is 4.24. The molecule has 1 heterocycles. The SMILES string of the molecule is CCC(C)[C@H](NS(=O)(=O)c1ccn[nH]1)C(=O)O. The lowest BCUT2D eigenvalue weighted by molar-refractivity contribution is -0.140. The molecule has 0 aliphatic carbocycles. The highest BCUT2D eigenvalue weighted by atomic mass is 32.2. The molecule has 0 radical (unpaired) electrons. The third-order valence-corrected chi connectivity index (χ3v) is 3.90. The van der Waals surface area contributed by atoms with Crippen LogP contribution in [-0.2, 0) is 14.8 Å². The van der Waals surface area contributed by atoms with Crippen LogP contribution in [0.3, 0.4) is 0 Å². The van der Waals surface area contributed by atoms with Crippen molar-refractivity contribution in [3.63, 3.8) is 0 Å². The maximum Gasteiger partial charge on any atom is 0.322 e. The highest BCUT2D eigenvalue weighted by Crippen LogP contribution is 2.12. The number of carbonyl (C=O) groups is 1. The molecule has 0 fully saturated rings. The normalized spacial score (nSPS) is 15.4. The van der Waals surface area contributed by atoms with E-state index in [1.807, 2.05) is 0 Å². The molecule has 7 nitrogen and oxygen atoms in total. The van der Waals surface area contributed by atoms with Gasteiger partial charge in [-0.25, -0.2) is 8.42 Å². The van der Waals surface area contributed by atoms with Crippen molar-refractivity contribution in [2.75, 3.05) is 0 Å². The van der Waals surface area contributed by atoms with Crippen molar-refractivity contribution >= 4 is 16.0 Å². The third-order valence-electron chi connectivity index (χ3n) is 2.53. The molecule has 17 heavy (non-hydrogen) atoms. The number of aliphatic carboxylic acids is 1. The lowest BCUT2D eigenvalue weighted by Gasteiger charge is -2.19. The van der Waals surface area contributed by atoms with Gasteiger partial charge in [0, 0.05) is 0 Å². The fourth-order valence-corrected chi connectivity index (χ4v) is 2.48. The minimum Gasteiger partial charge on any atom is -0.480 e. The third kappa shape index (κ3) is 3.27. The van der Waals surface area contributed by atoms with Crippen LogP contribution >= 0.6 is 0 Å². The highest BCUT2D eigenvalue weighted by molar-refractivity contribution is 7.89. The van der Waals surface area contributed by atoms with Gasteiger partial charge in [0.15, 0.2) is 5.03 Å². The molecule has 1 aromatic rings. The molecule has 96 valence electrons. The average Bonchev–Trinajstić information content (AvgIpc) is 2.78. The van der Waals surface area contributed by atoms with Crippen molar-refractivity contribution in [3.05, 3.63) is 12.3 Å². The van der Waals surface area contributed by atoms with Crippen LogP contribution in [0, 0.1) is 5.92 Å². The van der Waals surface area contributed by atoms with E-state index in [1.165, 1.54) is 12.3 Å². The summed E-state index contributed by atoms with van der Waals surface area (Å²) in [6.07, 6.45) is 1.84. The Morgan fingerprint density at radius 1 is 1.65 bits per heavy atom. The number of hydrogen-bond acceptors (Lipinski definition) is 4. The summed E-state index contributed by atoms with van der Waals surface area (Å²) in [6, 6.07) is 0.117. The lowest BCUT2D eigenvalue weighted by Crippen LogP contribution is -2.45. The Labute approximate surface area is 99.3 Å². The molecular formula is C9H15N3O4S. The summed E-state index contributed by atoms with van der Waals surface area (Å²) in [6.45, 7) is 3.47. The lowest BCUT2D eigenvalue weighted by atomic mass is 10.0. The van der Waals surface area contributed by atoms with Gasteiger partial charge in [-0.05, 0) is 12.0 Å². The van der Waals surface area contributed by atoms with Gasteiger partial charge in [-0.1, -0.05) is 20.3 Å². The van der Waals surface area contributed by atoms with E-state index in [1.54, 1.807) is 13.8 Å². The molecule has 3 N–H and O–H groups in total. The highest BCUT2D eigenvalue weighted by Gasteiger charge is 2.29. The van der Waals surface area contributed by atoms with Crippen LogP contribution in [0.5, 0.6) is 0 Å². The van der Waals surface area contributed by atoms with E-state index in [2.05, 4.69) is 14.9 Å². The van der Waals surface area contributed by atoms with Crippen LogP contribution in [0.4, 0.5) is 0 Å². The molecule has 0 saturated carbocycles. The van der Waals surface area contributed by atoms with E-state index in [4.69, 9.17) is 5.11 Å². The molecule has 1 unspecified atom stereocenters. The molecule has 0 aliphatic heterocycles. The fourth-order valence-electron chi connectivity index (χ4n) is 1.27. The Balaban J connectivity index is 2.92. The van der Waals surface area contributed by atoms with E-state index >= 15 is 0 Å². The maximum atomic E-state index is 11.8. The fraction of sp³-hybridized carbons (Fsp3) is 0.556. The summed E-state index contributed by atoms with van der Waals surface area (Å²) < 4.78 is 25.7. The summed E-state index contributed by atoms with van der Waals surface area (Å²) in [5.41, 5.74) is 0. The monoisotopic (exact) mass is 261 g/mol. The molecule has 0 spiro atoms. The van der Waals surface area contributed by atoms with Crippen molar-refractivity contribution in [2.24, 2.45) is 5.92 Å². The standard InChI is InChI=1S/C9H15N3O4S/c1-3-6(2)8(9(13)14)12-17(15,16)7-4-5-10-11-7/h4-6,8,12H,3H2,1-2H3,(H,10,11)(H,13,14)/t6?,8-/m0/s1. The van der Waals surface area contributed by atoms with Crippen LogP contribution in [0.2, 0.25) is 0 Å². The van der Waals surface area contributed by atoms with Gasteiger partial charge in [-0.15, -0.1) is 0 Å². The van der Waals surface area contributed by atoms with Crippen molar-refractivity contribution < 1.29 is 18.3 Å². The number of H-pyrrole nitrogens is 1. The Morgan fingerprint density at radius 3 is 2.71 bits per heavy atom. The van der Waals surface area contributed by atoms with Gasteiger partial charge in [0.1, 0.15) is 6.04 Å². The first-order valence-electron chi connectivity index (χ1n) is 5.13. The van der Waals surface area contributed by atoms with Gasteiger partial charge in [0.2, 0.25) is 0 Å². The number of carboxylic acid groups (broad SMARTS) is 1. The van der Waals surface area contributed by atoms with Gasteiger partial charge in [-0.3, -0.25) is 9.89 Å². The maximum absolute atomic E-state index is 11.8. The second kappa shape index (κ2) is 5.28. The molecule has 0 aliphatic rings. The zero-order valence-corrected chi connectivity index (χ0v) is 10.4. The van der Waals surface area contributed by atoms with Crippen LogP contribution in [0.25, 0.3) is 0 Å². The van der Waals surface area contributed by atoms with Crippen molar-refractivity contribution in [1.82, 2.24) is 14.9 Å². The Morgan fingerprint density at radius 2 is 2.29 bits per heavy atom. The molecule has 0 aromatic carbocycles. The predicted molar refractivity (Wildman–Crippen MR) is 59.8 cm³/mol. The first-order chi connectivity index (χ1) is 7.88. The molecule has 2 atom stereocenters. The second-order valence-electron chi connectivity index (χ2n) is 3.74. The van der Waals surface area contributed by atoms with Gasteiger partial charge in [-0.2, -0.15) is 9.82 Å². The number of nitrogens with one attached hydrogen (secondary N) is 2. The van der Waals surface area contributed by atoms with Gasteiger partial charge in [0.05, 0.1) is 6.20 Å². The Bertz CT molecular complexity index is 468. The van der Waals surface area contributed by atoms with Crippen LogP contribution < -0.4 is 4.72 Å². The minimum absolute atomic E-state index is 0.146. The number of nitrogens with zero attached hydrogens (tertiary/aromatic N) is 1. The average molecular weight is 261 g/mol. The molecule has 1 rings (SSSR count). The quantitative estimate of drug-likeness (QED) is 0.676. The van der Waals surface area contributed by atoms with Crippen molar-refractivity contribution in [3.8, 4) is 0 Å². The summed E-state index contributed by atoms with van der Waals surface area (Å²) in [4.78, 5) is 11.0. The zero-order valence-electron chi connectivity index (χ0n) is 9.54. The summed E-state index contributed by atoms with van der Waals surface area (Å²) in [5, 5.41) is 14.6. The predicted octanol–water partition coefficient (Wildman–Crippen LogP) is 0.187. The van der Waals surface area contributed by atoms with Gasteiger partial charge in [0.25, 0.3) is 10.0 Å². The first-order valence-corrected chi connectivity index (χ1v) is 6.61.